The summed E-state index contributed by atoms with van der Waals surface area (Å²) in [6.45, 7) is 2.58. The molecule has 0 saturated heterocycles. The van der Waals surface area contributed by atoms with Crippen LogP contribution < -0.4 is 14.3 Å². The Morgan fingerprint density at radius 2 is 1.96 bits per heavy atom. The molecule has 5 nitrogen and oxygen atoms in total. The standard InChI is InChI=1S/C19H19FN2O3S/c1-4-10-22-17-13(20)6-5-7-16(17)26-19(22)21-18(23)12-8-9-14(24-2)15(11-12)25-3/h5-9,11H,4,10H2,1-3H3. The van der Waals surface area contributed by atoms with E-state index in [4.69, 9.17) is 9.47 Å². The average molecular weight is 374 g/mol. The molecule has 0 spiro atoms. The second-order valence-electron chi connectivity index (χ2n) is 5.61. The highest BCUT2D eigenvalue weighted by atomic mass is 32.1. The number of halogens is 1. The summed E-state index contributed by atoms with van der Waals surface area (Å²) in [6, 6.07) is 9.78. The first-order valence-corrected chi connectivity index (χ1v) is 8.99. The van der Waals surface area contributed by atoms with Crippen molar-refractivity contribution in [1.82, 2.24) is 4.57 Å². The van der Waals surface area contributed by atoms with Gasteiger partial charge in [0.25, 0.3) is 5.91 Å². The van der Waals surface area contributed by atoms with Gasteiger partial charge in [-0.3, -0.25) is 4.79 Å². The number of amides is 1. The third kappa shape index (κ3) is 3.35. The van der Waals surface area contributed by atoms with Gasteiger partial charge in [0.05, 0.1) is 24.4 Å². The summed E-state index contributed by atoms with van der Waals surface area (Å²) >= 11 is 1.30. The number of para-hydroxylation sites is 1. The lowest BCUT2D eigenvalue weighted by atomic mass is 10.2. The van der Waals surface area contributed by atoms with Crippen molar-refractivity contribution in [3.05, 3.63) is 52.6 Å². The van der Waals surface area contributed by atoms with Gasteiger partial charge >= 0.3 is 0 Å². The van der Waals surface area contributed by atoms with Crippen LogP contribution in [0.1, 0.15) is 23.7 Å². The van der Waals surface area contributed by atoms with E-state index >= 15 is 0 Å². The van der Waals surface area contributed by atoms with E-state index in [0.29, 0.717) is 33.9 Å². The van der Waals surface area contributed by atoms with Gasteiger partial charge in [-0.2, -0.15) is 4.99 Å². The van der Waals surface area contributed by atoms with Crippen molar-refractivity contribution in [3.8, 4) is 11.5 Å². The minimum absolute atomic E-state index is 0.313. The number of benzene rings is 2. The molecule has 0 bridgehead atoms. The van der Waals surface area contributed by atoms with Gasteiger partial charge in [-0.05, 0) is 36.8 Å². The zero-order valence-corrected chi connectivity index (χ0v) is 15.6. The molecule has 0 unspecified atom stereocenters. The fraction of sp³-hybridized carbons (Fsp3) is 0.263. The number of ether oxygens (including phenoxy) is 2. The molecular weight excluding hydrogens is 355 g/mol. The topological polar surface area (TPSA) is 52.8 Å². The molecule has 3 aromatic rings. The lowest BCUT2D eigenvalue weighted by Gasteiger charge is -2.07. The fourth-order valence-electron chi connectivity index (χ4n) is 2.72. The first-order chi connectivity index (χ1) is 12.6. The number of nitrogens with zero attached hydrogens (tertiary/aromatic N) is 2. The molecule has 0 atom stereocenters. The first-order valence-electron chi connectivity index (χ1n) is 8.18. The van der Waals surface area contributed by atoms with E-state index in [1.165, 1.54) is 31.6 Å². The Morgan fingerprint density at radius 1 is 1.19 bits per heavy atom. The van der Waals surface area contributed by atoms with Crippen LogP contribution >= 0.6 is 11.3 Å². The normalized spacial score (nSPS) is 11.8. The molecule has 0 fully saturated rings. The van der Waals surface area contributed by atoms with Crippen LogP contribution in [0.25, 0.3) is 10.2 Å². The molecular formula is C19H19FN2O3S. The molecule has 0 aliphatic rings. The Balaban J connectivity index is 2.11. The van der Waals surface area contributed by atoms with Gasteiger partial charge in [0, 0.05) is 12.1 Å². The molecule has 136 valence electrons. The minimum Gasteiger partial charge on any atom is -0.493 e. The maximum Gasteiger partial charge on any atom is 0.279 e. The number of aromatic nitrogens is 1. The van der Waals surface area contributed by atoms with Gasteiger partial charge in [-0.15, -0.1) is 0 Å². The number of carbonyl (C=O) groups excluding carboxylic acids is 1. The third-order valence-corrected chi connectivity index (χ3v) is 4.97. The van der Waals surface area contributed by atoms with E-state index in [-0.39, 0.29) is 5.82 Å². The Labute approximate surface area is 154 Å². The average Bonchev–Trinajstić information content (AvgIpc) is 3.00. The summed E-state index contributed by atoms with van der Waals surface area (Å²) < 4.78 is 27.2. The maximum atomic E-state index is 14.3. The molecule has 2 aromatic carbocycles. The smallest absolute Gasteiger partial charge is 0.279 e. The summed E-state index contributed by atoms with van der Waals surface area (Å²) in [5.74, 6) is 0.265. The number of rotatable bonds is 5. The van der Waals surface area contributed by atoms with E-state index in [9.17, 15) is 9.18 Å². The highest BCUT2D eigenvalue weighted by molar-refractivity contribution is 7.16. The predicted molar refractivity (Wildman–Crippen MR) is 99.5 cm³/mol. The van der Waals surface area contributed by atoms with Crippen LogP contribution in [0.4, 0.5) is 4.39 Å². The van der Waals surface area contributed by atoms with Crippen molar-refractivity contribution in [2.45, 2.75) is 19.9 Å². The van der Waals surface area contributed by atoms with Gasteiger partial charge in [0.1, 0.15) is 5.82 Å². The maximum absolute atomic E-state index is 14.3. The summed E-state index contributed by atoms with van der Waals surface area (Å²) in [6.07, 6.45) is 0.803. The lowest BCUT2D eigenvalue weighted by molar-refractivity contribution is 0.0997. The number of methoxy groups -OCH3 is 2. The summed E-state index contributed by atoms with van der Waals surface area (Å²) in [5, 5.41) is 0. The summed E-state index contributed by atoms with van der Waals surface area (Å²) in [4.78, 5) is 17.4. The fourth-order valence-corrected chi connectivity index (χ4v) is 3.79. The first kappa shape index (κ1) is 18.1. The van der Waals surface area contributed by atoms with Gasteiger partial charge < -0.3 is 14.0 Å². The highest BCUT2D eigenvalue weighted by Gasteiger charge is 2.13. The molecule has 1 amide bonds. The van der Waals surface area contributed by atoms with Crippen LogP contribution in [0.2, 0.25) is 0 Å². The van der Waals surface area contributed by atoms with Crippen molar-refractivity contribution in [3.63, 3.8) is 0 Å². The molecule has 7 heteroatoms. The molecule has 1 heterocycles. The van der Waals surface area contributed by atoms with Gasteiger partial charge in [0.2, 0.25) is 0 Å². The molecule has 1 aromatic heterocycles. The molecule has 0 N–H and O–H groups in total. The predicted octanol–water partition coefficient (Wildman–Crippen LogP) is 4.01. The minimum atomic E-state index is -0.414. The Morgan fingerprint density at radius 3 is 2.65 bits per heavy atom. The van der Waals surface area contributed by atoms with E-state index in [0.717, 1.165) is 11.1 Å². The van der Waals surface area contributed by atoms with Crippen LogP contribution in [-0.4, -0.2) is 24.7 Å². The molecule has 0 saturated carbocycles. The van der Waals surface area contributed by atoms with Gasteiger partial charge in [-0.25, -0.2) is 4.39 Å². The van der Waals surface area contributed by atoms with Crippen LogP contribution in [0, 0.1) is 5.82 Å². The van der Waals surface area contributed by atoms with Crippen LogP contribution in [0.15, 0.2) is 41.4 Å². The Kier molecular flexibility index (Phi) is 5.37. The number of thiazole rings is 1. The van der Waals surface area contributed by atoms with Gasteiger partial charge in [-0.1, -0.05) is 24.3 Å². The van der Waals surface area contributed by atoms with E-state index in [1.54, 1.807) is 28.8 Å². The van der Waals surface area contributed by atoms with Gasteiger partial charge in [0.15, 0.2) is 16.3 Å². The molecule has 3 rings (SSSR count). The quantitative estimate of drug-likeness (QED) is 0.678. The van der Waals surface area contributed by atoms with Crippen molar-refractivity contribution >= 4 is 27.5 Å². The monoisotopic (exact) mass is 374 g/mol. The number of hydrogen-bond acceptors (Lipinski definition) is 4. The van der Waals surface area contributed by atoms with Crippen molar-refractivity contribution in [2.75, 3.05) is 14.2 Å². The number of fused-ring (bicyclic) bond motifs is 1. The molecule has 26 heavy (non-hydrogen) atoms. The Bertz CT molecular complexity index is 1020. The number of aryl methyl sites for hydroxylation is 1. The zero-order chi connectivity index (χ0) is 18.7. The third-order valence-electron chi connectivity index (χ3n) is 3.93. The number of hydrogen-bond donors (Lipinski definition) is 0. The second-order valence-corrected chi connectivity index (χ2v) is 6.62. The van der Waals surface area contributed by atoms with Crippen molar-refractivity contribution in [1.29, 1.82) is 0 Å². The SMILES string of the molecule is CCCn1c(=NC(=O)c2ccc(OC)c(OC)c2)sc2cccc(F)c21. The Hall–Kier alpha value is -2.67. The largest absolute Gasteiger partial charge is 0.493 e. The van der Waals surface area contributed by atoms with Crippen molar-refractivity contribution < 1.29 is 18.7 Å². The molecule has 0 aliphatic heterocycles. The summed E-state index contributed by atoms with van der Waals surface area (Å²) in [5.41, 5.74) is 0.863. The zero-order valence-electron chi connectivity index (χ0n) is 14.8. The van der Waals surface area contributed by atoms with E-state index < -0.39 is 5.91 Å². The van der Waals surface area contributed by atoms with Crippen LogP contribution in [0.5, 0.6) is 11.5 Å². The van der Waals surface area contributed by atoms with Crippen LogP contribution in [0.3, 0.4) is 0 Å². The highest BCUT2D eigenvalue weighted by Crippen LogP contribution is 2.28. The molecule has 0 radical (unpaired) electrons. The second kappa shape index (κ2) is 7.70. The molecule has 0 aliphatic carbocycles. The lowest BCUT2D eigenvalue weighted by Crippen LogP contribution is -2.17. The number of carbonyl (C=O) groups is 1. The van der Waals surface area contributed by atoms with E-state index in [2.05, 4.69) is 4.99 Å². The van der Waals surface area contributed by atoms with Crippen LogP contribution in [-0.2, 0) is 6.54 Å². The van der Waals surface area contributed by atoms with Crippen molar-refractivity contribution in [2.24, 2.45) is 4.99 Å². The van der Waals surface area contributed by atoms with E-state index in [1.807, 2.05) is 13.0 Å². The summed E-state index contributed by atoms with van der Waals surface area (Å²) in [7, 11) is 3.04.